The van der Waals surface area contributed by atoms with Crippen LogP contribution in [-0.2, 0) is 30.5 Å². The number of para-hydroxylation sites is 1. The van der Waals surface area contributed by atoms with Gasteiger partial charge in [0.15, 0.2) is 0 Å². The molecule has 0 aliphatic carbocycles. The number of nitrogens with zero attached hydrogens (tertiary/aromatic N) is 3. The summed E-state index contributed by atoms with van der Waals surface area (Å²) < 4.78 is 11.2. The highest BCUT2D eigenvalue weighted by atomic mass is 16.5. The van der Waals surface area contributed by atoms with Crippen LogP contribution in [0.4, 0.5) is 5.69 Å². The van der Waals surface area contributed by atoms with Gasteiger partial charge in [-0.05, 0) is 43.4 Å². The Hall–Kier alpha value is -3.43. The van der Waals surface area contributed by atoms with Gasteiger partial charge in [-0.25, -0.2) is 0 Å². The van der Waals surface area contributed by atoms with Gasteiger partial charge in [-0.3, -0.25) is 14.4 Å². The Balaban J connectivity index is 1.20. The third-order valence-corrected chi connectivity index (χ3v) is 7.75. The maximum absolute atomic E-state index is 13.8. The number of piperidine rings is 1. The monoisotopic (exact) mass is 520 g/mol. The quantitative estimate of drug-likeness (QED) is 0.545. The summed E-state index contributed by atoms with van der Waals surface area (Å²) in [5.74, 6) is -0.305. The molecule has 2 aromatic carbocycles. The lowest BCUT2D eigenvalue weighted by molar-refractivity contribution is -0.142. The highest BCUT2D eigenvalue weighted by Gasteiger charge is 2.54. The van der Waals surface area contributed by atoms with Gasteiger partial charge < -0.3 is 29.5 Å². The number of benzene rings is 2. The number of nitrogens with one attached hydrogen (secondary N) is 1. The maximum atomic E-state index is 13.8. The van der Waals surface area contributed by atoms with Crippen LogP contribution in [0.1, 0.15) is 31.2 Å². The van der Waals surface area contributed by atoms with Crippen LogP contribution in [0.5, 0.6) is 0 Å². The second-order valence-corrected chi connectivity index (χ2v) is 10.2. The Labute approximate surface area is 223 Å². The first-order valence-corrected chi connectivity index (χ1v) is 13.4. The molecular formula is C29H36N4O5. The highest BCUT2D eigenvalue weighted by molar-refractivity contribution is 5.96. The SMILES string of the molecule is O=C(CN1CN(c2ccccc2)C2(CCN(C(=O)COCc3ccccc3)CC2)C1=O)NCC1CCCO1. The van der Waals surface area contributed by atoms with Gasteiger partial charge in [-0.1, -0.05) is 48.5 Å². The van der Waals surface area contributed by atoms with Gasteiger partial charge in [0.2, 0.25) is 11.8 Å². The standard InChI is InChI=1S/C29H36N4O5/c34-26(30-18-25-12-7-17-38-25)19-32-22-33(24-10-5-2-6-11-24)29(28(32)36)13-15-31(16-14-29)27(35)21-37-20-23-8-3-1-4-9-23/h1-6,8-11,25H,7,12-22H2,(H,30,34). The van der Waals surface area contributed by atoms with E-state index in [-0.39, 0.29) is 37.0 Å². The van der Waals surface area contributed by atoms with E-state index in [1.54, 1.807) is 9.80 Å². The van der Waals surface area contributed by atoms with Crippen molar-refractivity contribution in [1.82, 2.24) is 15.1 Å². The van der Waals surface area contributed by atoms with Crippen LogP contribution >= 0.6 is 0 Å². The molecule has 3 saturated heterocycles. The van der Waals surface area contributed by atoms with Crippen LogP contribution in [0.15, 0.2) is 60.7 Å². The first-order chi connectivity index (χ1) is 18.5. The number of amides is 3. The van der Waals surface area contributed by atoms with E-state index in [0.717, 1.165) is 30.7 Å². The fourth-order valence-corrected chi connectivity index (χ4v) is 5.63. The predicted octanol–water partition coefficient (Wildman–Crippen LogP) is 2.17. The molecule has 0 bridgehead atoms. The number of ether oxygens (including phenoxy) is 2. The predicted molar refractivity (Wildman–Crippen MR) is 142 cm³/mol. The van der Waals surface area contributed by atoms with E-state index >= 15 is 0 Å². The van der Waals surface area contributed by atoms with Crippen molar-refractivity contribution >= 4 is 23.4 Å². The lowest BCUT2D eigenvalue weighted by Crippen LogP contribution is -2.57. The van der Waals surface area contributed by atoms with Crippen LogP contribution < -0.4 is 10.2 Å². The van der Waals surface area contributed by atoms with Crippen molar-refractivity contribution in [3.05, 3.63) is 66.2 Å². The maximum Gasteiger partial charge on any atom is 0.250 e. The molecule has 3 fully saturated rings. The van der Waals surface area contributed by atoms with Crippen molar-refractivity contribution in [1.29, 1.82) is 0 Å². The molecule has 1 N–H and O–H groups in total. The molecule has 1 atom stereocenters. The van der Waals surface area contributed by atoms with Gasteiger partial charge in [0.05, 0.1) is 19.4 Å². The molecule has 0 radical (unpaired) electrons. The van der Waals surface area contributed by atoms with Crippen LogP contribution in [0.3, 0.4) is 0 Å². The van der Waals surface area contributed by atoms with E-state index in [4.69, 9.17) is 9.47 Å². The van der Waals surface area contributed by atoms with Crippen molar-refractivity contribution in [3.8, 4) is 0 Å². The van der Waals surface area contributed by atoms with E-state index < -0.39 is 5.54 Å². The van der Waals surface area contributed by atoms with Gasteiger partial charge >= 0.3 is 0 Å². The number of hydrogen-bond acceptors (Lipinski definition) is 6. The van der Waals surface area contributed by atoms with Crippen LogP contribution in [-0.4, -0.2) is 85.2 Å². The molecule has 3 aliphatic rings. The smallest absolute Gasteiger partial charge is 0.250 e. The molecule has 9 heteroatoms. The molecule has 3 heterocycles. The summed E-state index contributed by atoms with van der Waals surface area (Å²) in [7, 11) is 0. The van der Waals surface area contributed by atoms with Gasteiger partial charge in [0, 0.05) is 31.9 Å². The number of anilines is 1. The fourth-order valence-electron chi connectivity index (χ4n) is 5.63. The van der Waals surface area contributed by atoms with Gasteiger partial charge in [-0.15, -0.1) is 0 Å². The Bertz CT molecular complexity index is 1100. The largest absolute Gasteiger partial charge is 0.376 e. The molecule has 202 valence electrons. The Morgan fingerprint density at radius 3 is 2.42 bits per heavy atom. The lowest BCUT2D eigenvalue weighted by Gasteiger charge is -2.43. The molecule has 0 saturated carbocycles. The second-order valence-electron chi connectivity index (χ2n) is 10.2. The number of carbonyl (C=O) groups excluding carboxylic acids is 3. The Morgan fingerprint density at radius 1 is 1.03 bits per heavy atom. The Kier molecular flexibility index (Phi) is 8.24. The first-order valence-electron chi connectivity index (χ1n) is 13.4. The molecule has 9 nitrogen and oxygen atoms in total. The minimum Gasteiger partial charge on any atom is -0.376 e. The summed E-state index contributed by atoms with van der Waals surface area (Å²) in [4.78, 5) is 44.9. The van der Waals surface area contributed by atoms with E-state index in [9.17, 15) is 14.4 Å². The zero-order valence-corrected chi connectivity index (χ0v) is 21.7. The van der Waals surface area contributed by atoms with Crippen molar-refractivity contribution < 1.29 is 23.9 Å². The second kappa shape index (κ2) is 12.0. The van der Waals surface area contributed by atoms with E-state index in [1.165, 1.54) is 0 Å². The summed E-state index contributed by atoms with van der Waals surface area (Å²) in [6.07, 6.45) is 3.01. The molecule has 1 unspecified atom stereocenters. The molecule has 5 rings (SSSR count). The van der Waals surface area contributed by atoms with Crippen molar-refractivity contribution in [2.75, 3.05) is 51.0 Å². The zero-order valence-electron chi connectivity index (χ0n) is 21.7. The van der Waals surface area contributed by atoms with Gasteiger partial charge in [0.25, 0.3) is 5.91 Å². The number of carbonyl (C=O) groups is 3. The Morgan fingerprint density at radius 2 is 1.74 bits per heavy atom. The van der Waals surface area contributed by atoms with Gasteiger partial charge in [0.1, 0.15) is 18.7 Å². The number of hydrogen-bond donors (Lipinski definition) is 1. The summed E-state index contributed by atoms with van der Waals surface area (Å²) in [6.45, 7) is 2.86. The fraction of sp³-hybridized carbons (Fsp3) is 0.483. The van der Waals surface area contributed by atoms with E-state index in [0.29, 0.717) is 45.8 Å². The average molecular weight is 521 g/mol. The topological polar surface area (TPSA) is 91.4 Å². The molecule has 2 aromatic rings. The minimum atomic E-state index is -0.780. The molecule has 38 heavy (non-hydrogen) atoms. The molecule has 0 aromatic heterocycles. The third-order valence-electron chi connectivity index (χ3n) is 7.75. The van der Waals surface area contributed by atoms with Crippen molar-refractivity contribution in [2.24, 2.45) is 0 Å². The number of likely N-dealkylation sites (tertiary alicyclic amines) is 1. The van der Waals surface area contributed by atoms with E-state index in [1.807, 2.05) is 60.7 Å². The highest BCUT2D eigenvalue weighted by Crippen LogP contribution is 2.39. The normalized spacial score (nSPS) is 20.8. The third kappa shape index (κ3) is 5.84. The summed E-state index contributed by atoms with van der Waals surface area (Å²) in [5, 5.41) is 2.93. The molecule has 1 spiro atoms. The first kappa shape index (κ1) is 26.2. The van der Waals surface area contributed by atoms with Crippen LogP contribution in [0, 0.1) is 0 Å². The zero-order chi connectivity index (χ0) is 26.4. The lowest BCUT2D eigenvalue weighted by atomic mass is 9.85. The summed E-state index contributed by atoms with van der Waals surface area (Å²) in [6, 6.07) is 19.6. The van der Waals surface area contributed by atoms with Crippen LogP contribution in [0.25, 0.3) is 0 Å². The molecular weight excluding hydrogens is 484 g/mol. The summed E-state index contributed by atoms with van der Waals surface area (Å²) >= 11 is 0. The summed E-state index contributed by atoms with van der Waals surface area (Å²) in [5.41, 5.74) is 1.18. The van der Waals surface area contributed by atoms with Gasteiger partial charge in [-0.2, -0.15) is 0 Å². The van der Waals surface area contributed by atoms with Crippen molar-refractivity contribution in [2.45, 2.75) is 43.9 Å². The van der Waals surface area contributed by atoms with Crippen molar-refractivity contribution in [3.63, 3.8) is 0 Å². The molecule has 3 aliphatic heterocycles. The number of rotatable bonds is 9. The minimum absolute atomic E-state index is 0.00656. The van der Waals surface area contributed by atoms with Crippen LogP contribution in [0.2, 0.25) is 0 Å². The molecule has 3 amide bonds. The van der Waals surface area contributed by atoms with E-state index in [2.05, 4.69) is 10.2 Å². The average Bonchev–Trinajstić information content (AvgIpc) is 3.56.